The van der Waals surface area contributed by atoms with Crippen LogP contribution >= 0.6 is 0 Å². The minimum absolute atomic E-state index is 0.0930. The zero-order valence-electron chi connectivity index (χ0n) is 14.6. The minimum Gasteiger partial charge on any atom is -0.360 e. The van der Waals surface area contributed by atoms with Crippen molar-refractivity contribution in [2.45, 2.75) is 45.4 Å². The lowest BCUT2D eigenvalue weighted by atomic mass is 9.93. The number of Topliss-reactive ketones (excluding diaryl/α,β-unsaturated/α-hetero) is 1. The number of amidine groups is 1. The van der Waals surface area contributed by atoms with Crippen LogP contribution in [0.25, 0.3) is 4.85 Å². The summed E-state index contributed by atoms with van der Waals surface area (Å²) in [5, 5.41) is 7.74. The molecule has 1 aliphatic carbocycles. The Labute approximate surface area is 146 Å². The van der Waals surface area contributed by atoms with Gasteiger partial charge in [-0.3, -0.25) is 4.79 Å². The molecule has 0 amide bonds. The van der Waals surface area contributed by atoms with Crippen molar-refractivity contribution >= 4 is 17.3 Å². The minimum atomic E-state index is -0.553. The Kier molecular flexibility index (Phi) is 4.41. The van der Waals surface area contributed by atoms with E-state index in [4.69, 9.17) is 11.1 Å². The quantitative estimate of drug-likeness (QED) is 0.301. The van der Waals surface area contributed by atoms with Crippen molar-refractivity contribution in [3.05, 3.63) is 58.3 Å². The maximum absolute atomic E-state index is 12.4. The van der Waals surface area contributed by atoms with Gasteiger partial charge in [0.1, 0.15) is 11.5 Å². The third-order valence-corrected chi connectivity index (χ3v) is 4.18. The Hall–Kier alpha value is -2.94. The summed E-state index contributed by atoms with van der Waals surface area (Å²) in [6.07, 6.45) is 3.32. The van der Waals surface area contributed by atoms with E-state index in [0.717, 1.165) is 24.9 Å². The molecule has 25 heavy (non-hydrogen) atoms. The first-order valence-corrected chi connectivity index (χ1v) is 8.23. The van der Waals surface area contributed by atoms with Crippen LogP contribution in [0.5, 0.6) is 0 Å². The summed E-state index contributed by atoms with van der Waals surface area (Å²) in [4.78, 5) is 15.6. The van der Waals surface area contributed by atoms with Crippen molar-refractivity contribution in [1.82, 2.24) is 5.16 Å². The summed E-state index contributed by atoms with van der Waals surface area (Å²) in [7, 11) is 0. The van der Waals surface area contributed by atoms with E-state index in [2.05, 4.69) is 26.6 Å². The largest absolute Gasteiger partial charge is 0.360 e. The summed E-state index contributed by atoms with van der Waals surface area (Å²) in [5.41, 5.74) is 6.06. The lowest BCUT2D eigenvalue weighted by Crippen LogP contribution is -2.13. The fourth-order valence-electron chi connectivity index (χ4n) is 2.74. The lowest BCUT2D eigenvalue weighted by molar-refractivity contribution is 0.105. The summed E-state index contributed by atoms with van der Waals surface area (Å²) in [6, 6.07) is 7.56. The summed E-state index contributed by atoms with van der Waals surface area (Å²) in [6.45, 7) is 13.1. The van der Waals surface area contributed by atoms with Gasteiger partial charge in [0, 0.05) is 11.5 Å². The van der Waals surface area contributed by atoms with Crippen molar-refractivity contribution in [3.63, 3.8) is 0 Å². The van der Waals surface area contributed by atoms with Crippen LogP contribution in [0.15, 0.2) is 33.9 Å². The van der Waals surface area contributed by atoms with Gasteiger partial charge in [-0.1, -0.05) is 38.6 Å². The van der Waals surface area contributed by atoms with Gasteiger partial charge >= 0.3 is 5.84 Å². The van der Waals surface area contributed by atoms with E-state index in [9.17, 15) is 4.79 Å². The molecule has 128 valence electrons. The van der Waals surface area contributed by atoms with Crippen molar-refractivity contribution in [1.29, 1.82) is 0 Å². The molecule has 1 aromatic heterocycles. The zero-order chi connectivity index (χ0) is 18.0. The lowest BCUT2D eigenvalue weighted by Gasteiger charge is -2.11. The van der Waals surface area contributed by atoms with Gasteiger partial charge in [0.25, 0.3) is 0 Å². The summed E-state index contributed by atoms with van der Waals surface area (Å²) >= 11 is 0. The average Bonchev–Trinajstić information content (AvgIpc) is 3.23. The number of hydrogen-bond acceptors (Lipinski definition) is 5. The van der Waals surface area contributed by atoms with E-state index >= 15 is 0 Å². The van der Waals surface area contributed by atoms with E-state index < -0.39 is 5.78 Å². The predicted octanol–water partition coefficient (Wildman–Crippen LogP) is 3.99. The van der Waals surface area contributed by atoms with Crippen LogP contribution in [0.1, 0.15) is 54.6 Å². The normalized spacial score (nSPS) is 14.1. The van der Waals surface area contributed by atoms with Crippen LogP contribution in [0.4, 0.5) is 5.69 Å². The fourth-order valence-corrected chi connectivity index (χ4v) is 2.74. The summed E-state index contributed by atoms with van der Waals surface area (Å²) < 4.78 is 5.21. The first-order chi connectivity index (χ1) is 11.9. The van der Waals surface area contributed by atoms with Crippen LogP contribution in [-0.2, 0) is 18.3 Å². The molecule has 0 atom stereocenters. The van der Waals surface area contributed by atoms with Gasteiger partial charge in [-0.05, 0) is 47.6 Å². The van der Waals surface area contributed by atoms with Gasteiger partial charge in [0.2, 0.25) is 5.78 Å². The van der Waals surface area contributed by atoms with Crippen LogP contribution < -0.4 is 5.43 Å². The van der Waals surface area contributed by atoms with Gasteiger partial charge < -0.3 is 9.37 Å². The Bertz CT molecular complexity index is 882. The number of anilines is 1. The maximum Gasteiger partial charge on any atom is 0.343 e. The standard InChI is InChI=1S/C19H20N4O2/c1-19(2,3)16-11-15(23-25-16)17(24)18(20-4)22-21-14-9-8-12-6-5-7-13(12)10-14/h8-11,21H,5-7H2,1-3H3/b22-18-. The molecule has 6 heteroatoms. The molecular formula is C19H20N4O2. The molecule has 0 fully saturated rings. The Morgan fingerprint density at radius 3 is 2.72 bits per heavy atom. The second-order valence-electron chi connectivity index (χ2n) is 7.15. The highest BCUT2D eigenvalue weighted by atomic mass is 16.5. The summed E-state index contributed by atoms with van der Waals surface area (Å²) in [5.74, 6) is -0.232. The molecular weight excluding hydrogens is 316 g/mol. The number of carbonyl (C=O) groups is 1. The van der Waals surface area contributed by atoms with Gasteiger partial charge in [0.05, 0.1) is 5.69 Å². The number of nitrogens with zero attached hydrogens (tertiary/aromatic N) is 3. The molecule has 6 nitrogen and oxygen atoms in total. The topological polar surface area (TPSA) is 71.8 Å². The first kappa shape index (κ1) is 16.9. The Balaban J connectivity index is 1.77. The van der Waals surface area contributed by atoms with Crippen LogP contribution in [0.3, 0.4) is 0 Å². The molecule has 0 bridgehead atoms. The van der Waals surface area contributed by atoms with Crippen LogP contribution in [-0.4, -0.2) is 16.8 Å². The fraction of sp³-hybridized carbons (Fsp3) is 0.368. The first-order valence-electron chi connectivity index (χ1n) is 8.23. The predicted molar refractivity (Wildman–Crippen MR) is 95.7 cm³/mol. The number of aromatic nitrogens is 1. The Morgan fingerprint density at radius 2 is 2.04 bits per heavy atom. The highest BCUT2D eigenvalue weighted by molar-refractivity contribution is 6.48. The number of hydrazone groups is 1. The number of aryl methyl sites for hydroxylation is 2. The molecule has 0 aliphatic heterocycles. The number of hydrogen-bond donors (Lipinski definition) is 1. The molecule has 1 aliphatic rings. The third kappa shape index (κ3) is 3.61. The molecule has 2 aromatic rings. The van der Waals surface area contributed by atoms with E-state index in [-0.39, 0.29) is 16.9 Å². The van der Waals surface area contributed by atoms with E-state index in [1.807, 2.05) is 32.9 Å². The number of benzene rings is 1. The van der Waals surface area contributed by atoms with Gasteiger partial charge in [-0.25, -0.2) is 5.43 Å². The van der Waals surface area contributed by atoms with E-state index in [1.165, 1.54) is 11.1 Å². The molecule has 0 unspecified atom stereocenters. The van der Waals surface area contributed by atoms with E-state index in [0.29, 0.717) is 5.76 Å². The number of fused-ring (bicyclic) bond motifs is 1. The number of nitrogens with one attached hydrogen (secondary N) is 1. The van der Waals surface area contributed by atoms with E-state index in [1.54, 1.807) is 6.07 Å². The second-order valence-corrected chi connectivity index (χ2v) is 7.15. The zero-order valence-corrected chi connectivity index (χ0v) is 14.6. The highest BCUT2D eigenvalue weighted by Gasteiger charge is 2.25. The molecule has 3 rings (SSSR count). The molecule has 1 aromatic carbocycles. The third-order valence-electron chi connectivity index (χ3n) is 4.18. The van der Waals surface area contributed by atoms with Crippen LogP contribution in [0, 0.1) is 6.57 Å². The van der Waals surface area contributed by atoms with Gasteiger partial charge in [-0.15, -0.1) is 0 Å². The number of rotatable bonds is 4. The molecule has 0 radical (unpaired) electrons. The van der Waals surface area contributed by atoms with Crippen molar-refractivity contribution in [2.75, 3.05) is 5.43 Å². The van der Waals surface area contributed by atoms with Crippen molar-refractivity contribution in [3.8, 4) is 0 Å². The van der Waals surface area contributed by atoms with Gasteiger partial charge in [-0.2, -0.15) is 0 Å². The highest BCUT2D eigenvalue weighted by Crippen LogP contribution is 2.25. The molecule has 1 N–H and O–H groups in total. The second kappa shape index (κ2) is 6.52. The average molecular weight is 336 g/mol. The van der Waals surface area contributed by atoms with Crippen molar-refractivity contribution < 1.29 is 9.32 Å². The smallest absolute Gasteiger partial charge is 0.343 e. The maximum atomic E-state index is 12.4. The van der Waals surface area contributed by atoms with Gasteiger partial charge in [0.15, 0.2) is 0 Å². The molecule has 0 saturated carbocycles. The van der Waals surface area contributed by atoms with Crippen LogP contribution in [0.2, 0.25) is 0 Å². The number of ketones is 1. The number of carbonyl (C=O) groups excluding carboxylic acids is 1. The Morgan fingerprint density at radius 1 is 1.28 bits per heavy atom. The monoisotopic (exact) mass is 336 g/mol. The molecule has 1 heterocycles. The van der Waals surface area contributed by atoms with Crippen molar-refractivity contribution in [2.24, 2.45) is 5.10 Å². The SMILES string of the molecule is [C-]#[N+]/C(=N\Nc1ccc2c(c1)CCC2)C(=O)c1cc(C(C)(C)C)on1. The molecule has 0 spiro atoms. The molecule has 0 saturated heterocycles.